The second-order valence-corrected chi connectivity index (χ2v) is 6.44. The number of nitrogens with two attached hydrogens (primary N) is 1. The Morgan fingerprint density at radius 1 is 1.17 bits per heavy atom. The Labute approximate surface area is 186 Å². The van der Waals surface area contributed by atoms with Crippen molar-refractivity contribution in [2.45, 2.75) is 13.5 Å². The highest BCUT2D eigenvalue weighted by Crippen LogP contribution is 2.21. The Hall–Kier alpha value is -2.97. The third kappa shape index (κ3) is 7.13. The van der Waals surface area contributed by atoms with Crippen LogP contribution >= 0.6 is 24.0 Å². The first-order chi connectivity index (χ1) is 13.8. The van der Waals surface area contributed by atoms with Crippen LogP contribution in [0.1, 0.15) is 28.4 Å². The van der Waals surface area contributed by atoms with Crippen LogP contribution in [0.3, 0.4) is 0 Å². The van der Waals surface area contributed by atoms with E-state index in [1.165, 1.54) is 13.2 Å². The van der Waals surface area contributed by atoms with Gasteiger partial charge in [0, 0.05) is 28.4 Å². The Kier molecular flexibility index (Phi) is 9.94. The summed E-state index contributed by atoms with van der Waals surface area (Å²) in [6.45, 7) is 2.12. The molecule has 8 nitrogen and oxygen atoms in total. The summed E-state index contributed by atoms with van der Waals surface area (Å²) >= 11 is 6.01. The van der Waals surface area contributed by atoms with Crippen molar-refractivity contribution < 1.29 is 19.1 Å². The van der Waals surface area contributed by atoms with E-state index in [1.807, 2.05) is 0 Å². The highest BCUT2D eigenvalue weighted by Gasteiger charge is 2.12. The van der Waals surface area contributed by atoms with Gasteiger partial charge in [0.15, 0.2) is 0 Å². The van der Waals surface area contributed by atoms with Crippen molar-refractivity contribution in [3.63, 3.8) is 0 Å². The fraction of sp³-hybridized carbons (Fsp3) is 0.250. The van der Waals surface area contributed by atoms with Crippen LogP contribution < -0.4 is 21.1 Å². The van der Waals surface area contributed by atoms with E-state index in [2.05, 4.69) is 10.6 Å². The standard InChI is InChI=1S/C20H23ClN4O4.ClH/c1-3-29-18(26)11-24-17-8-12(19(22)23)4-5-13(17)10-25-20(27)14-6-15(21)9-16(7-14)28-2;/h4-9,24H,3,10-11H2,1-2H3,(H3,22,23)(H,25,27);1H. The number of hydrogen-bond acceptors (Lipinski definition) is 6. The third-order valence-electron chi connectivity index (χ3n) is 3.96. The van der Waals surface area contributed by atoms with Crippen LogP contribution in [-0.2, 0) is 16.1 Å². The molecule has 162 valence electrons. The maximum Gasteiger partial charge on any atom is 0.325 e. The summed E-state index contributed by atoms with van der Waals surface area (Å²) in [5.41, 5.74) is 7.67. The molecule has 0 bridgehead atoms. The molecule has 0 aliphatic rings. The summed E-state index contributed by atoms with van der Waals surface area (Å²) in [4.78, 5) is 24.1. The summed E-state index contributed by atoms with van der Waals surface area (Å²) in [5.74, 6) is -0.379. The topological polar surface area (TPSA) is 127 Å². The minimum atomic E-state index is -0.415. The molecule has 0 saturated heterocycles. The predicted molar refractivity (Wildman–Crippen MR) is 119 cm³/mol. The van der Waals surface area contributed by atoms with E-state index in [-0.39, 0.29) is 43.8 Å². The number of nitrogen functional groups attached to an aromatic ring is 1. The minimum Gasteiger partial charge on any atom is -0.497 e. The summed E-state index contributed by atoms with van der Waals surface area (Å²) < 4.78 is 10.0. The monoisotopic (exact) mass is 454 g/mol. The zero-order valence-corrected chi connectivity index (χ0v) is 18.2. The number of amides is 1. The average molecular weight is 455 g/mol. The Morgan fingerprint density at radius 3 is 2.53 bits per heavy atom. The molecule has 0 unspecified atom stereocenters. The average Bonchev–Trinajstić information content (AvgIpc) is 2.70. The molecule has 2 aromatic rings. The molecular formula is C20H24Cl2N4O4. The van der Waals surface area contributed by atoms with E-state index in [4.69, 9.17) is 32.2 Å². The van der Waals surface area contributed by atoms with Gasteiger partial charge in [-0.25, -0.2) is 0 Å². The van der Waals surface area contributed by atoms with Gasteiger partial charge in [0.05, 0.1) is 13.7 Å². The van der Waals surface area contributed by atoms with Crippen LogP contribution in [-0.4, -0.2) is 38.0 Å². The molecule has 0 spiro atoms. The van der Waals surface area contributed by atoms with Crippen LogP contribution in [0, 0.1) is 5.41 Å². The number of anilines is 1. The van der Waals surface area contributed by atoms with Gasteiger partial charge < -0.3 is 25.8 Å². The highest BCUT2D eigenvalue weighted by atomic mass is 35.5. The van der Waals surface area contributed by atoms with E-state index in [0.717, 1.165) is 0 Å². The summed E-state index contributed by atoms with van der Waals surface area (Å²) in [5, 5.41) is 13.7. The van der Waals surface area contributed by atoms with Gasteiger partial charge in [-0.15, -0.1) is 12.4 Å². The van der Waals surface area contributed by atoms with Crippen molar-refractivity contribution in [3.8, 4) is 5.75 Å². The molecule has 0 atom stereocenters. The molecular weight excluding hydrogens is 431 g/mol. The summed E-state index contributed by atoms with van der Waals surface area (Å²) in [6, 6.07) is 9.77. The first kappa shape index (κ1) is 25.1. The predicted octanol–water partition coefficient (Wildman–Crippen LogP) is 2.96. The van der Waals surface area contributed by atoms with Gasteiger partial charge >= 0.3 is 5.97 Å². The normalized spacial score (nSPS) is 9.83. The van der Waals surface area contributed by atoms with Crippen LogP contribution in [0.25, 0.3) is 0 Å². The largest absolute Gasteiger partial charge is 0.497 e. The van der Waals surface area contributed by atoms with Crippen molar-refractivity contribution in [2.75, 3.05) is 25.6 Å². The fourth-order valence-electron chi connectivity index (χ4n) is 2.53. The quantitative estimate of drug-likeness (QED) is 0.262. The molecule has 0 radical (unpaired) electrons. The van der Waals surface area contributed by atoms with Gasteiger partial charge in [0.25, 0.3) is 5.91 Å². The molecule has 0 fully saturated rings. The molecule has 10 heteroatoms. The highest BCUT2D eigenvalue weighted by molar-refractivity contribution is 6.31. The molecule has 0 heterocycles. The maximum absolute atomic E-state index is 12.5. The van der Waals surface area contributed by atoms with E-state index < -0.39 is 5.97 Å². The molecule has 2 rings (SSSR count). The molecule has 0 aliphatic heterocycles. The van der Waals surface area contributed by atoms with Crippen LogP contribution in [0.5, 0.6) is 5.75 Å². The zero-order valence-electron chi connectivity index (χ0n) is 16.6. The number of esters is 1. The second kappa shape index (κ2) is 11.9. The zero-order chi connectivity index (χ0) is 21.4. The minimum absolute atomic E-state index is 0. The fourth-order valence-corrected chi connectivity index (χ4v) is 2.76. The molecule has 1 amide bonds. The number of ether oxygens (including phenoxy) is 2. The number of rotatable bonds is 9. The molecule has 2 aromatic carbocycles. The molecule has 0 saturated carbocycles. The van der Waals surface area contributed by atoms with E-state index >= 15 is 0 Å². The Balaban J connectivity index is 0.00000450. The second-order valence-electron chi connectivity index (χ2n) is 6.01. The van der Waals surface area contributed by atoms with Gasteiger partial charge in [0.1, 0.15) is 18.1 Å². The van der Waals surface area contributed by atoms with Gasteiger partial charge in [-0.1, -0.05) is 23.7 Å². The van der Waals surface area contributed by atoms with Crippen LogP contribution in [0.15, 0.2) is 36.4 Å². The van der Waals surface area contributed by atoms with E-state index in [0.29, 0.717) is 33.1 Å². The third-order valence-corrected chi connectivity index (χ3v) is 4.18. The first-order valence-corrected chi connectivity index (χ1v) is 9.21. The summed E-state index contributed by atoms with van der Waals surface area (Å²) in [6.07, 6.45) is 0. The lowest BCUT2D eigenvalue weighted by atomic mass is 10.1. The lowest BCUT2D eigenvalue weighted by molar-refractivity contribution is -0.140. The maximum atomic E-state index is 12.5. The molecule has 0 aromatic heterocycles. The Morgan fingerprint density at radius 2 is 1.90 bits per heavy atom. The smallest absolute Gasteiger partial charge is 0.325 e. The number of amidine groups is 1. The number of nitrogens with one attached hydrogen (secondary N) is 3. The van der Waals surface area contributed by atoms with Gasteiger partial charge in [-0.3, -0.25) is 15.0 Å². The molecule has 5 N–H and O–H groups in total. The van der Waals surface area contributed by atoms with E-state index in [1.54, 1.807) is 37.3 Å². The first-order valence-electron chi connectivity index (χ1n) is 8.83. The van der Waals surface area contributed by atoms with E-state index in [9.17, 15) is 9.59 Å². The number of halogens is 2. The number of carbonyl (C=O) groups is 2. The van der Waals surface area contributed by atoms with Crippen LogP contribution in [0.2, 0.25) is 5.02 Å². The lowest BCUT2D eigenvalue weighted by Crippen LogP contribution is -2.24. The van der Waals surface area contributed by atoms with Gasteiger partial charge in [-0.05, 0) is 36.8 Å². The SMILES string of the molecule is CCOC(=O)CNc1cc(C(=N)N)ccc1CNC(=O)c1cc(Cl)cc(OC)c1.Cl. The molecule has 0 aliphatic carbocycles. The Bertz CT molecular complexity index is 922. The van der Waals surface area contributed by atoms with Gasteiger partial charge in [0.2, 0.25) is 0 Å². The number of hydrogen-bond donors (Lipinski definition) is 4. The number of benzene rings is 2. The van der Waals surface area contributed by atoms with Crippen molar-refractivity contribution in [3.05, 3.63) is 58.1 Å². The van der Waals surface area contributed by atoms with Crippen molar-refractivity contribution in [1.82, 2.24) is 5.32 Å². The van der Waals surface area contributed by atoms with Crippen LogP contribution in [0.4, 0.5) is 5.69 Å². The van der Waals surface area contributed by atoms with Gasteiger partial charge in [-0.2, -0.15) is 0 Å². The number of methoxy groups -OCH3 is 1. The van der Waals surface area contributed by atoms with Crippen molar-refractivity contribution in [2.24, 2.45) is 5.73 Å². The number of carbonyl (C=O) groups excluding carboxylic acids is 2. The van der Waals surface area contributed by atoms with Crippen molar-refractivity contribution in [1.29, 1.82) is 5.41 Å². The van der Waals surface area contributed by atoms with Crippen molar-refractivity contribution >= 4 is 47.4 Å². The lowest BCUT2D eigenvalue weighted by Gasteiger charge is -2.14. The summed E-state index contributed by atoms with van der Waals surface area (Å²) in [7, 11) is 1.49. The molecule has 30 heavy (non-hydrogen) atoms.